The second-order valence-corrected chi connectivity index (χ2v) is 15.7. The standard InChI is InChI=1S/C42H52N10O4/c1-28-35-27-44-42(47-39(35)52(32-6-3-4-7-32)41(56)38(28)29(2)53)45-36-14-12-33(26-43-36)51-24-20-49(21-25-51)17-5-16-48-18-22-50(23-19-48)31-10-8-30(9-11-31)34-13-15-37(54)46-40(34)55/h8-12,14,26-27,32,34H,3-7,13,15-25H2,1-2H3,(H,46,54,55)(H,43,44,45,47). The number of nitrogens with one attached hydrogen (secondary N) is 2. The number of piperazine rings is 2. The van der Waals surface area contributed by atoms with Gasteiger partial charge >= 0.3 is 0 Å². The highest BCUT2D eigenvalue weighted by Crippen LogP contribution is 2.32. The van der Waals surface area contributed by atoms with E-state index >= 15 is 0 Å². The number of carbonyl (C=O) groups is 3. The number of aryl methyl sites for hydroxylation is 1. The molecule has 3 saturated heterocycles. The maximum absolute atomic E-state index is 13.6. The molecule has 4 aromatic rings. The minimum Gasteiger partial charge on any atom is -0.369 e. The lowest BCUT2D eigenvalue weighted by molar-refractivity contribution is -0.134. The number of hydrogen-bond acceptors (Lipinski definition) is 12. The average molecular weight is 761 g/mol. The van der Waals surface area contributed by atoms with Crippen molar-refractivity contribution in [3.63, 3.8) is 0 Å². The molecule has 0 spiro atoms. The van der Waals surface area contributed by atoms with Crippen LogP contribution in [0.3, 0.4) is 0 Å². The Morgan fingerprint density at radius 2 is 1.45 bits per heavy atom. The molecule has 2 N–H and O–H groups in total. The topological polar surface area (TPSA) is 149 Å². The van der Waals surface area contributed by atoms with Crippen LogP contribution in [0.2, 0.25) is 0 Å². The van der Waals surface area contributed by atoms with E-state index in [1.54, 1.807) is 17.7 Å². The Morgan fingerprint density at radius 1 is 0.804 bits per heavy atom. The first kappa shape index (κ1) is 37.7. The van der Waals surface area contributed by atoms with Crippen molar-refractivity contribution in [3.05, 3.63) is 75.8 Å². The van der Waals surface area contributed by atoms with Gasteiger partial charge in [-0.25, -0.2) is 9.97 Å². The second kappa shape index (κ2) is 16.5. The van der Waals surface area contributed by atoms with Crippen LogP contribution in [0.25, 0.3) is 11.0 Å². The summed E-state index contributed by atoms with van der Waals surface area (Å²) in [4.78, 5) is 73.7. The normalized spacial score (nSPS) is 20.1. The van der Waals surface area contributed by atoms with E-state index in [4.69, 9.17) is 4.98 Å². The molecule has 14 nitrogen and oxygen atoms in total. The highest BCUT2D eigenvalue weighted by Gasteiger charge is 2.29. The number of hydrogen-bond donors (Lipinski definition) is 2. The summed E-state index contributed by atoms with van der Waals surface area (Å²) in [6.45, 7) is 13.4. The summed E-state index contributed by atoms with van der Waals surface area (Å²) >= 11 is 0. The molecule has 14 heteroatoms. The number of pyridine rings is 2. The molecule has 1 aromatic carbocycles. The van der Waals surface area contributed by atoms with Crippen molar-refractivity contribution in [1.29, 1.82) is 0 Å². The van der Waals surface area contributed by atoms with E-state index in [-0.39, 0.29) is 40.7 Å². The molecule has 0 radical (unpaired) electrons. The number of rotatable bonds is 11. The third kappa shape index (κ3) is 8.03. The van der Waals surface area contributed by atoms with Crippen LogP contribution in [0.1, 0.15) is 85.3 Å². The van der Waals surface area contributed by atoms with Gasteiger partial charge in [0.1, 0.15) is 11.5 Å². The molecule has 294 valence electrons. The first-order chi connectivity index (χ1) is 27.2. The van der Waals surface area contributed by atoms with Gasteiger partial charge in [0.05, 0.1) is 23.4 Å². The maximum atomic E-state index is 13.6. The van der Waals surface area contributed by atoms with Crippen molar-refractivity contribution >= 4 is 51.8 Å². The maximum Gasteiger partial charge on any atom is 0.263 e. The first-order valence-corrected chi connectivity index (χ1v) is 20.3. The number of piperidine rings is 1. The predicted octanol–water partition coefficient (Wildman–Crippen LogP) is 4.41. The molecule has 6 heterocycles. The zero-order chi connectivity index (χ0) is 38.8. The molecule has 1 atom stereocenters. The number of benzene rings is 1. The number of fused-ring (bicyclic) bond motifs is 1. The first-order valence-electron chi connectivity index (χ1n) is 20.3. The van der Waals surface area contributed by atoms with Crippen molar-refractivity contribution in [3.8, 4) is 0 Å². The zero-order valence-corrected chi connectivity index (χ0v) is 32.5. The van der Waals surface area contributed by atoms with Gasteiger partial charge in [-0.1, -0.05) is 25.0 Å². The number of nitrogens with zero attached hydrogens (tertiary/aromatic N) is 8. The summed E-state index contributed by atoms with van der Waals surface area (Å²) in [5, 5.41) is 6.42. The molecule has 4 fully saturated rings. The summed E-state index contributed by atoms with van der Waals surface area (Å²) in [7, 11) is 0. The van der Waals surface area contributed by atoms with Gasteiger partial charge in [-0.3, -0.25) is 38.9 Å². The monoisotopic (exact) mass is 760 g/mol. The Labute approximate surface area is 327 Å². The van der Waals surface area contributed by atoms with Crippen molar-refractivity contribution in [2.24, 2.45) is 0 Å². The highest BCUT2D eigenvalue weighted by molar-refractivity contribution is 6.01. The Balaban J connectivity index is 0.786. The molecule has 3 aliphatic heterocycles. The van der Waals surface area contributed by atoms with Crippen LogP contribution in [-0.4, -0.2) is 112 Å². The zero-order valence-electron chi connectivity index (χ0n) is 32.5. The average Bonchev–Trinajstić information content (AvgIpc) is 3.73. The molecule has 1 unspecified atom stereocenters. The van der Waals surface area contributed by atoms with E-state index < -0.39 is 0 Å². The Hall–Kier alpha value is -5.21. The van der Waals surface area contributed by atoms with Gasteiger partial charge in [-0.15, -0.1) is 0 Å². The van der Waals surface area contributed by atoms with E-state index in [1.165, 1.54) is 12.6 Å². The highest BCUT2D eigenvalue weighted by atomic mass is 16.2. The Morgan fingerprint density at radius 3 is 2.05 bits per heavy atom. The van der Waals surface area contributed by atoms with E-state index in [0.717, 1.165) is 114 Å². The van der Waals surface area contributed by atoms with E-state index in [9.17, 15) is 19.2 Å². The fourth-order valence-corrected chi connectivity index (χ4v) is 8.98. The number of ketones is 1. The third-order valence-corrected chi connectivity index (χ3v) is 12.2. The number of amides is 2. The lowest BCUT2D eigenvalue weighted by Crippen LogP contribution is -2.48. The number of aromatic nitrogens is 4. The minimum absolute atomic E-state index is 0.0265. The van der Waals surface area contributed by atoms with Gasteiger partial charge in [-0.2, -0.15) is 4.98 Å². The summed E-state index contributed by atoms with van der Waals surface area (Å²) in [6, 6.07) is 12.4. The fourth-order valence-electron chi connectivity index (χ4n) is 8.98. The number of imide groups is 1. The van der Waals surface area contributed by atoms with E-state index in [2.05, 4.69) is 58.4 Å². The quantitative estimate of drug-likeness (QED) is 0.165. The Kier molecular flexibility index (Phi) is 11.1. The molecule has 1 saturated carbocycles. The number of anilines is 4. The second-order valence-electron chi connectivity index (χ2n) is 15.7. The number of Topliss-reactive ketones (excluding diaryl/α,β-unsaturated/α-hetero) is 1. The van der Waals surface area contributed by atoms with Gasteiger partial charge in [0, 0.05) is 82.1 Å². The molecule has 1 aliphatic carbocycles. The van der Waals surface area contributed by atoms with Gasteiger partial charge in [0.25, 0.3) is 5.56 Å². The van der Waals surface area contributed by atoms with Crippen LogP contribution in [0.15, 0.2) is 53.6 Å². The fraction of sp³-hybridized carbons (Fsp3) is 0.500. The van der Waals surface area contributed by atoms with E-state index in [1.807, 2.05) is 24.4 Å². The summed E-state index contributed by atoms with van der Waals surface area (Å²) in [5.74, 6) is 0.156. The van der Waals surface area contributed by atoms with Crippen molar-refractivity contribution in [2.45, 2.75) is 70.8 Å². The lowest BCUT2D eigenvalue weighted by Gasteiger charge is -2.38. The van der Waals surface area contributed by atoms with Gasteiger partial charge < -0.3 is 15.1 Å². The van der Waals surface area contributed by atoms with Crippen molar-refractivity contribution in [2.75, 3.05) is 80.6 Å². The van der Waals surface area contributed by atoms with Crippen molar-refractivity contribution in [1.82, 2.24) is 34.6 Å². The molecule has 8 rings (SSSR count). The van der Waals surface area contributed by atoms with Crippen LogP contribution in [0, 0.1) is 6.92 Å². The molecule has 0 bridgehead atoms. The molecule has 4 aliphatic rings. The van der Waals surface area contributed by atoms with Crippen LogP contribution in [0.4, 0.5) is 23.1 Å². The third-order valence-electron chi connectivity index (χ3n) is 12.2. The van der Waals surface area contributed by atoms with E-state index in [0.29, 0.717) is 35.8 Å². The predicted molar refractivity (Wildman–Crippen MR) is 217 cm³/mol. The van der Waals surface area contributed by atoms with Crippen LogP contribution >= 0.6 is 0 Å². The van der Waals surface area contributed by atoms with Crippen molar-refractivity contribution < 1.29 is 14.4 Å². The smallest absolute Gasteiger partial charge is 0.263 e. The Bertz CT molecular complexity index is 2130. The van der Waals surface area contributed by atoms with Crippen LogP contribution in [-0.2, 0) is 9.59 Å². The molecule has 56 heavy (non-hydrogen) atoms. The summed E-state index contributed by atoms with van der Waals surface area (Å²) in [5.41, 5.74) is 4.41. The summed E-state index contributed by atoms with van der Waals surface area (Å²) in [6.07, 6.45) is 9.62. The van der Waals surface area contributed by atoms with Crippen LogP contribution < -0.4 is 26.0 Å². The summed E-state index contributed by atoms with van der Waals surface area (Å²) < 4.78 is 1.73. The van der Waals surface area contributed by atoms with Crippen LogP contribution in [0.5, 0.6) is 0 Å². The lowest BCUT2D eigenvalue weighted by atomic mass is 9.90. The van der Waals surface area contributed by atoms with Gasteiger partial charge in [0.2, 0.25) is 17.8 Å². The number of carbonyl (C=O) groups excluding carboxylic acids is 3. The molecular formula is C42H52N10O4. The minimum atomic E-state index is -0.258. The SMILES string of the molecule is CC(=O)c1c(C)c2cnc(Nc3ccc(N4CCN(CCCN5CCN(c6ccc(C7CCC(=O)NC7=O)cc6)CC5)CC4)cn3)nc2n(C2CCCC2)c1=O. The molecule has 3 aromatic heterocycles. The van der Waals surface area contributed by atoms with Gasteiger partial charge in [-0.05, 0) is 88.0 Å². The van der Waals surface area contributed by atoms with Gasteiger partial charge in [0.15, 0.2) is 5.78 Å². The molecular weight excluding hydrogens is 709 g/mol. The molecule has 2 amide bonds. The largest absolute Gasteiger partial charge is 0.369 e.